The van der Waals surface area contributed by atoms with Crippen LogP contribution in [0, 0.1) is 5.92 Å². The van der Waals surface area contributed by atoms with E-state index in [1.54, 1.807) is 0 Å². The van der Waals surface area contributed by atoms with Crippen LogP contribution in [0.3, 0.4) is 0 Å². The molecule has 0 aromatic rings. The van der Waals surface area contributed by atoms with E-state index >= 15 is 0 Å². The van der Waals surface area contributed by atoms with E-state index in [4.69, 9.17) is 4.74 Å². The minimum atomic E-state index is 0.0293. The van der Waals surface area contributed by atoms with Crippen molar-refractivity contribution in [3.8, 4) is 0 Å². The monoisotopic (exact) mass is 268 g/mol. The highest BCUT2D eigenvalue weighted by atomic mass is 16.5. The van der Waals surface area contributed by atoms with E-state index in [1.807, 2.05) is 7.05 Å². The standard InChI is InChI=1S/C15H28N2O2/c1-15(12-16-2)8-3-9-17(15)14(18)5-4-13-6-10-19-11-7-13/h13,16H,3-12H2,1-2H3. The van der Waals surface area contributed by atoms with E-state index in [0.717, 1.165) is 58.4 Å². The van der Waals surface area contributed by atoms with Gasteiger partial charge in [0.1, 0.15) is 0 Å². The van der Waals surface area contributed by atoms with Gasteiger partial charge in [-0.15, -0.1) is 0 Å². The summed E-state index contributed by atoms with van der Waals surface area (Å²) in [7, 11) is 1.97. The number of carbonyl (C=O) groups is 1. The van der Waals surface area contributed by atoms with Crippen LogP contribution in [0.25, 0.3) is 0 Å². The molecular formula is C15H28N2O2. The number of amides is 1. The summed E-state index contributed by atoms with van der Waals surface area (Å²) < 4.78 is 5.37. The third-order valence-electron chi connectivity index (χ3n) is 4.71. The van der Waals surface area contributed by atoms with Crippen LogP contribution in [-0.2, 0) is 9.53 Å². The van der Waals surface area contributed by atoms with Gasteiger partial charge in [0, 0.05) is 32.7 Å². The van der Waals surface area contributed by atoms with Gasteiger partial charge in [0.15, 0.2) is 0 Å². The molecule has 2 saturated heterocycles. The summed E-state index contributed by atoms with van der Waals surface area (Å²) in [6, 6.07) is 0. The number of likely N-dealkylation sites (tertiary alicyclic amines) is 1. The molecule has 2 aliphatic rings. The van der Waals surface area contributed by atoms with Crippen molar-refractivity contribution in [2.75, 3.05) is 33.4 Å². The first kappa shape index (κ1) is 14.8. The first-order valence-corrected chi connectivity index (χ1v) is 7.68. The second kappa shape index (κ2) is 6.71. The second-order valence-corrected chi connectivity index (χ2v) is 6.27. The van der Waals surface area contributed by atoms with Gasteiger partial charge in [-0.1, -0.05) is 0 Å². The molecule has 1 N–H and O–H groups in total. The third-order valence-corrected chi connectivity index (χ3v) is 4.71. The van der Waals surface area contributed by atoms with Gasteiger partial charge in [0.25, 0.3) is 0 Å². The molecule has 0 radical (unpaired) electrons. The zero-order valence-electron chi connectivity index (χ0n) is 12.4. The number of carbonyl (C=O) groups excluding carboxylic acids is 1. The lowest BCUT2D eigenvalue weighted by Gasteiger charge is -2.35. The van der Waals surface area contributed by atoms with E-state index < -0.39 is 0 Å². The number of likely N-dealkylation sites (N-methyl/N-ethyl adjacent to an activating group) is 1. The normalized spacial score (nSPS) is 28.8. The van der Waals surface area contributed by atoms with E-state index in [9.17, 15) is 4.79 Å². The summed E-state index contributed by atoms with van der Waals surface area (Å²) in [5.41, 5.74) is 0.0293. The maximum Gasteiger partial charge on any atom is 0.223 e. The highest BCUT2D eigenvalue weighted by molar-refractivity contribution is 5.77. The van der Waals surface area contributed by atoms with Gasteiger partial charge in [-0.3, -0.25) is 4.79 Å². The summed E-state index contributed by atoms with van der Waals surface area (Å²) in [5, 5.41) is 3.23. The molecule has 0 aliphatic carbocycles. The molecule has 2 rings (SSSR count). The fraction of sp³-hybridized carbons (Fsp3) is 0.933. The number of hydrogen-bond donors (Lipinski definition) is 1. The lowest BCUT2D eigenvalue weighted by atomic mass is 9.93. The Morgan fingerprint density at radius 1 is 1.42 bits per heavy atom. The lowest BCUT2D eigenvalue weighted by Crippen LogP contribution is -2.50. The number of ether oxygens (including phenoxy) is 1. The topological polar surface area (TPSA) is 41.6 Å². The molecule has 19 heavy (non-hydrogen) atoms. The van der Waals surface area contributed by atoms with Crippen molar-refractivity contribution in [1.82, 2.24) is 10.2 Å². The van der Waals surface area contributed by atoms with Crippen molar-refractivity contribution in [2.24, 2.45) is 5.92 Å². The molecule has 2 aliphatic heterocycles. The Balaban J connectivity index is 1.81. The van der Waals surface area contributed by atoms with Crippen molar-refractivity contribution in [1.29, 1.82) is 0 Å². The molecule has 1 amide bonds. The number of nitrogens with one attached hydrogen (secondary N) is 1. The van der Waals surface area contributed by atoms with E-state index in [0.29, 0.717) is 18.2 Å². The fourth-order valence-corrected chi connectivity index (χ4v) is 3.51. The lowest BCUT2D eigenvalue weighted by molar-refractivity contribution is -0.135. The summed E-state index contributed by atoms with van der Waals surface area (Å²) in [4.78, 5) is 14.6. The molecular weight excluding hydrogens is 240 g/mol. The van der Waals surface area contributed by atoms with Gasteiger partial charge < -0.3 is 15.0 Å². The Bertz CT molecular complexity index is 303. The summed E-state index contributed by atoms with van der Waals surface area (Å²) in [6.07, 6.45) is 6.26. The summed E-state index contributed by atoms with van der Waals surface area (Å²) in [5.74, 6) is 1.04. The van der Waals surface area contributed by atoms with Crippen molar-refractivity contribution >= 4 is 5.91 Å². The molecule has 0 saturated carbocycles. The summed E-state index contributed by atoms with van der Waals surface area (Å²) >= 11 is 0. The Morgan fingerprint density at radius 2 is 2.16 bits per heavy atom. The first-order valence-electron chi connectivity index (χ1n) is 7.68. The molecule has 4 nitrogen and oxygen atoms in total. The van der Waals surface area contributed by atoms with E-state index in [-0.39, 0.29) is 5.54 Å². The highest BCUT2D eigenvalue weighted by Gasteiger charge is 2.38. The van der Waals surface area contributed by atoms with Crippen molar-refractivity contribution in [3.05, 3.63) is 0 Å². The van der Waals surface area contributed by atoms with Crippen LogP contribution in [0.1, 0.15) is 45.4 Å². The van der Waals surface area contributed by atoms with Crippen LogP contribution in [0.15, 0.2) is 0 Å². The van der Waals surface area contributed by atoms with Crippen molar-refractivity contribution in [3.63, 3.8) is 0 Å². The van der Waals surface area contributed by atoms with Crippen LogP contribution in [0.4, 0.5) is 0 Å². The van der Waals surface area contributed by atoms with Crippen LogP contribution in [-0.4, -0.2) is 49.7 Å². The highest BCUT2D eigenvalue weighted by Crippen LogP contribution is 2.30. The van der Waals surface area contributed by atoms with Gasteiger partial charge in [-0.05, 0) is 52.0 Å². The van der Waals surface area contributed by atoms with Gasteiger partial charge >= 0.3 is 0 Å². The van der Waals surface area contributed by atoms with E-state index in [2.05, 4.69) is 17.1 Å². The van der Waals surface area contributed by atoms with Crippen LogP contribution in [0.5, 0.6) is 0 Å². The molecule has 4 heteroatoms. The van der Waals surface area contributed by atoms with Crippen LogP contribution >= 0.6 is 0 Å². The number of hydrogen-bond acceptors (Lipinski definition) is 3. The molecule has 110 valence electrons. The molecule has 0 bridgehead atoms. The largest absolute Gasteiger partial charge is 0.381 e. The fourth-order valence-electron chi connectivity index (χ4n) is 3.51. The molecule has 2 heterocycles. The average molecular weight is 268 g/mol. The van der Waals surface area contributed by atoms with Gasteiger partial charge in [0.2, 0.25) is 5.91 Å². The maximum absolute atomic E-state index is 12.4. The van der Waals surface area contributed by atoms with Gasteiger partial charge in [-0.2, -0.15) is 0 Å². The van der Waals surface area contributed by atoms with Gasteiger partial charge in [-0.25, -0.2) is 0 Å². The minimum absolute atomic E-state index is 0.0293. The van der Waals surface area contributed by atoms with E-state index in [1.165, 1.54) is 0 Å². The zero-order chi connectivity index (χ0) is 13.7. The third kappa shape index (κ3) is 3.69. The zero-order valence-corrected chi connectivity index (χ0v) is 12.4. The summed E-state index contributed by atoms with van der Waals surface area (Å²) in [6.45, 7) is 5.80. The van der Waals surface area contributed by atoms with Gasteiger partial charge in [0.05, 0.1) is 5.54 Å². The molecule has 2 fully saturated rings. The predicted octanol–water partition coefficient (Wildman–Crippen LogP) is 1.79. The Kier molecular flexibility index (Phi) is 5.22. The Labute approximate surface area is 116 Å². The second-order valence-electron chi connectivity index (χ2n) is 6.27. The minimum Gasteiger partial charge on any atom is -0.381 e. The first-order chi connectivity index (χ1) is 9.15. The Hall–Kier alpha value is -0.610. The van der Waals surface area contributed by atoms with Crippen molar-refractivity contribution < 1.29 is 9.53 Å². The van der Waals surface area contributed by atoms with Crippen molar-refractivity contribution in [2.45, 2.75) is 51.0 Å². The number of rotatable bonds is 5. The molecule has 0 spiro atoms. The molecule has 0 aromatic carbocycles. The molecule has 0 aromatic heterocycles. The molecule has 1 unspecified atom stereocenters. The predicted molar refractivity (Wildman–Crippen MR) is 76.1 cm³/mol. The quantitative estimate of drug-likeness (QED) is 0.826. The van der Waals surface area contributed by atoms with Crippen LogP contribution in [0.2, 0.25) is 0 Å². The SMILES string of the molecule is CNCC1(C)CCCN1C(=O)CCC1CCOCC1. The van der Waals surface area contributed by atoms with Crippen LogP contribution < -0.4 is 5.32 Å². The Morgan fingerprint density at radius 3 is 2.84 bits per heavy atom. The average Bonchev–Trinajstić information content (AvgIpc) is 2.79. The maximum atomic E-state index is 12.4. The number of nitrogens with zero attached hydrogens (tertiary/aromatic N) is 1. The molecule has 1 atom stereocenters. The smallest absolute Gasteiger partial charge is 0.223 e.